The van der Waals surface area contributed by atoms with Gasteiger partial charge in [-0.2, -0.15) is 11.8 Å². The average Bonchev–Trinajstić information content (AvgIpc) is 2.87. The maximum atomic E-state index is 12.4. The van der Waals surface area contributed by atoms with Gasteiger partial charge in [-0.05, 0) is 24.3 Å². The lowest BCUT2D eigenvalue weighted by Crippen LogP contribution is -2.34. The maximum Gasteiger partial charge on any atom is 0.243 e. The predicted octanol–water partition coefficient (Wildman–Crippen LogP) is 2.12. The SMILES string of the molecule is O=S(=O)(NC1CCSC1)c1c(Cl)cc(C#CCO)cc1Cl. The van der Waals surface area contributed by atoms with Gasteiger partial charge in [0.2, 0.25) is 10.0 Å². The molecule has 0 radical (unpaired) electrons. The Morgan fingerprint density at radius 2 is 2.05 bits per heavy atom. The van der Waals surface area contributed by atoms with Gasteiger partial charge < -0.3 is 5.11 Å². The van der Waals surface area contributed by atoms with E-state index in [1.165, 1.54) is 12.1 Å². The zero-order chi connectivity index (χ0) is 15.5. The number of aliphatic hydroxyl groups excluding tert-OH is 1. The van der Waals surface area contributed by atoms with Crippen LogP contribution < -0.4 is 4.72 Å². The lowest BCUT2D eigenvalue weighted by atomic mass is 10.2. The van der Waals surface area contributed by atoms with Crippen LogP contribution in [0, 0.1) is 11.8 Å². The number of benzene rings is 1. The number of thioether (sulfide) groups is 1. The molecular formula is C13H13Cl2NO3S2. The molecule has 1 aromatic carbocycles. The molecule has 1 aliphatic rings. The minimum atomic E-state index is -3.77. The van der Waals surface area contributed by atoms with Gasteiger partial charge in [-0.25, -0.2) is 13.1 Å². The van der Waals surface area contributed by atoms with Crippen LogP contribution in [-0.4, -0.2) is 37.7 Å². The number of sulfonamides is 1. The molecule has 1 aliphatic heterocycles. The third kappa shape index (κ3) is 4.28. The van der Waals surface area contributed by atoms with Gasteiger partial charge in [0.15, 0.2) is 0 Å². The van der Waals surface area contributed by atoms with Crippen LogP contribution in [0.2, 0.25) is 10.0 Å². The molecule has 0 saturated carbocycles. The van der Waals surface area contributed by atoms with E-state index in [1.54, 1.807) is 11.8 Å². The van der Waals surface area contributed by atoms with Crippen molar-refractivity contribution in [1.29, 1.82) is 0 Å². The Kier molecular flexibility index (Phi) is 5.83. The highest BCUT2D eigenvalue weighted by atomic mass is 35.5. The number of rotatable bonds is 3. The summed E-state index contributed by atoms with van der Waals surface area (Å²) >= 11 is 13.8. The molecule has 0 amide bonds. The molecule has 1 aromatic rings. The third-order valence-corrected chi connectivity index (χ3v) is 6.43. The summed E-state index contributed by atoms with van der Waals surface area (Å²) in [4.78, 5) is -0.128. The lowest BCUT2D eigenvalue weighted by Gasteiger charge is -2.14. The largest absolute Gasteiger partial charge is 0.384 e. The number of halogens is 2. The monoisotopic (exact) mass is 365 g/mol. The van der Waals surface area contributed by atoms with Crippen molar-refractivity contribution in [2.75, 3.05) is 18.1 Å². The third-order valence-electron chi connectivity index (χ3n) is 2.83. The van der Waals surface area contributed by atoms with Crippen molar-refractivity contribution in [3.8, 4) is 11.8 Å². The van der Waals surface area contributed by atoms with Crippen molar-refractivity contribution < 1.29 is 13.5 Å². The van der Waals surface area contributed by atoms with Gasteiger partial charge in [0.1, 0.15) is 11.5 Å². The molecule has 1 fully saturated rings. The minimum absolute atomic E-state index is 0.0166. The average molecular weight is 366 g/mol. The molecule has 0 spiro atoms. The number of hydrogen-bond donors (Lipinski definition) is 2. The first-order valence-corrected chi connectivity index (χ1v) is 9.52. The molecule has 0 aliphatic carbocycles. The van der Waals surface area contributed by atoms with E-state index in [0.717, 1.165) is 17.9 Å². The van der Waals surface area contributed by atoms with Crippen LogP contribution in [0.15, 0.2) is 17.0 Å². The molecule has 21 heavy (non-hydrogen) atoms. The van der Waals surface area contributed by atoms with Gasteiger partial charge in [0.05, 0.1) is 10.0 Å². The summed E-state index contributed by atoms with van der Waals surface area (Å²) in [7, 11) is -3.77. The summed E-state index contributed by atoms with van der Waals surface area (Å²) in [6, 6.07) is 2.75. The molecule has 114 valence electrons. The molecule has 1 atom stereocenters. The molecule has 2 rings (SSSR count). The first kappa shape index (κ1) is 16.9. The van der Waals surface area contributed by atoms with E-state index in [0.29, 0.717) is 5.56 Å². The Hall–Kier alpha value is -0.420. The number of aliphatic hydroxyl groups is 1. The fourth-order valence-electron chi connectivity index (χ4n) is 1.94. The van der Waals surface area contributed by atoms with Crippen molar-refractivity contribution in [3.63, 3.8) is 0 Å². The summed E-state index contributed by atoms with van der Waals surface area (Å²) in [5, 5.41) is 8.70. The van der Waals surface area contributed by atoms with E-state index >= 15 is 0 Å². The fraction of sp³-hybridized carbons (Fsp3) is 0.385. The van der Waals surface area contributed by atoms with Crippen molar-refractivity contribution in [1.82, 2.24) is 4.72 Å². The molecule has 1 unspecified atom stereocenters. The summed E-state index contributed by atoms with van der Waals surface area (Å²) in [5.41, 5.74) is 0.453. The van der Waals surface area contributed by atoms with E-state index in [2.05, 4.69) is 16.6 Å². The fourth-order valence-corrected chi connectivity index (χ4v) is 5.68. The van der Waals surface area contributed by atoms with Gasteiger partial charge in [0, 0.05) is 17.4 Å². The summed E-state index contributed by atoms with van der Waals surface area (Å²) in [6.45, 7) is -0.295. The second-order valence-electron chi connectivity index (χ2n) is 4.41. The first-order valence-electron chi connectivity index (χ1n) is 6.13. The molecule has 0 bridgehead atoms. The van der Waals surface area contributed by atoms with Crippen LogP contribution in [0.5, 0.6) is 0 Å². The van der Waals surface area contributed by atoms with Gasteiger partial charge in [-0.15, -0.1) is 0 Å². The highest BCUT2D eigenvalue weighted by Crippen LogP contribution is 2.31. The topological polar surface area (TPSA) is 66.4 Å². The van der Waals surface area contributed by atoms with Crippen molar-refractivity contribution in [2.24, 2.45) is 0 Å². The Morgan fingerprint density at radius 3 is 2.57 bits per heavy atom. The van der Waals surface area contributed by atoms with E-state index in [-0.39, 0.29) is 27.6 Å². The van der Waals surface area contributed by atoms with Crippen molar-refractivity contribution >= 4 is 45.0 Å². The molecular weight excluding hydrogens is 353 g/mol. The molecule has 4 nitrogen and oxygen atoms in total. The quantitative estimate of drug-likeness (QED) is 0.805. The molecule has 0 aromatic heterocycles. The second-order valence-corrected chi connectivity index (χ2v) is 8.03. The second kappa shape index (κ2) is 7.23. The Morgan fingerprint density at radius 1 is 1.38 bits per heavy atom. The van der Waals surface area contributed by atoms with Crippen LogP contribution in [0.4, 0.5) is 0 Å². The molecule has 1 heterocycles. The maximum absolute atomic E-state index is 12.4. The normalized spacial score (nSPS) is 18.3. The van der Waals surface area contributed by atoms with E-state index in [4.69, 9.17) is 28.3 Å². The zero-order valence-electron chi connectivity index (χ0n) is 10.9. The predicted molar refractivity (Wildman–Crippen MR) is 86.5 cm³/mol. The molecule has 2 N–H and O–H groups in total. The zero-order valence-corrected chi connectivity index (χ0v) is 14.0. The van der Waals surface area contributed by atoms with E-state index < -0.39 is 10.0 Å². The van der Waals surface area contributed by atoms with Crippen LogP contribution >= 0.6 is 35.0 Å². The van der Waals surface area contributed by atoms with Gasteiger partial charge in [-0.3, -0.25) is 0 Å². The molecule has 1 saturated heterocycles. The van der Waals surface area contributed by atoms with Gasteiger partial charge in [0.25, 0.3) is 0 Å². The van der Waals surface area contributed by atoms with E-state index in [9.17, 15) is 8.42 Å². The lowest BCUT2D eigenvalue weighted by molar-refractivity contribution is 0.350. The first-order chi connectivity index (χ1) is 9.94. The summed E-state index contributed by atoms with van der Waals surface area (Å²) in [6.07, 6.45) is 0.791. The Labute approximate surface area is 138 Å². The Bertz CT molecular complexity index is 666. The van der Waals surface area contributed by atoms with Gasteiger partial charge >= 0.3 is 0 Å². The van der Waals surface area contributed by atoms with Crippen LogP contribution in [0.3, 0.4) is 0 Å². The van der Waals surface area contributed by atoms with Crippen molar-refractivity contribution in [2.45, 2.75) is 17.4 Å². The van der Waals surface area contributed by atoms with Crippen molar-refractivity contribution in [3.05, 3.63) is 27.7 Å². The highest BCUT2D eigenvalue weighted by Gasteiger charge is 2.27. The standard InChI is InChI=1S/C13H13Cl2NO3S2/c14-11-6-9(2-1-4-17)7-12(15)13(11)21(18,19)16-10-3-5-20-8-10/h6-7,10,16-17H,3-5,8H2. The molecule has 8 heteroatoms. The van der Waals surface area contributed by atoms with Crippen LogP contribution in [-0.2, 0) is 10.0 Å². The summed E-state index contributed by atoms with van der Waals surface area (Å²) < 4.78 is 27.4. The highest BCUT2D eigenvalue weighted by molar-refractivity contribution is 7.99. The smallest absolute Gasteiger partial charge is 0.243 e. The van der Waals surface area contributed by atoms with Crippen LogP contribution in [0.1, 0.15) is 12.0 Å². The van der Waals surface area contributed by atoms with E-state index in [1.807, 2.05) is 0 Å². The minimum Gasteiger partial charge on any atom is -0.384 e. The van der Waals surface area contributed by atoms with Gasteiger partial charge in [-0.1, -0.05) is 35.0 Å². The van der Waals surface area contributed by atoms with Crippen LogP contribution in [0.25, 0.3) is 0 Å². The Balaban J connectivity index is 2.34. The number of hydrogen-bond acceptors (Lipinski definition) is 4. The number of nitrogens with one attached hydrogen (secondary N) is 1. The summed E-state index contributed by atoms with van der Waals surface area (Å²) in [5.74, 6) is 6.78.